The summed E-state index contributed by atoms with van der Waals surface area (Å²) in [5, 5.41) is 1.37. The fraction of sp³-hybridized carbons (Fsp3) is 0.714. The van der Waals surface area contributed by atoms with Gasteiger partial charge in [-0.05, 0) is 12.8 Å². The van der Waals surface area contributed by atoms with Crippen LogP contribution in [0.4, 0.5) is 10.9 Å². The molecule has 0 aliphatic carbocycles. The van der Waals surface area contributed by atoms with Crippen molar-refractivity contribution in [1.29, 1.82) is 0 Å². The summed E-state index contributed by atoms with van der Waals surface area (Å²) in [6.45, 7) is 6.83. The minimum absolute atomic E-state index is 0.0416. The number of amides is 1. The number of carbonyl (C=O) groups excluding carboxylic acids is 1. The van der Waals surface area contributed by atoms with Crippen LogP contribution in [-0.4, -0.2) is 53.5 Å². The lowest BCUT2D eigenvalue weighted by Gasteiger charge is -2.31. The normalized spacial score (nSPS) is 18.8. The Morgan fingerprint density at radius 2 is 2.29 bits per heavy atom. The predicted octanol–water partition coefficient (Wildman–Crippen LogP) is 2.54. The summed E-state index contributed by atoms with van der Waals surface area (Å²) in [6.07, 6.45) is 2.14. The average Bonchev–Trinajstić information content (AvgIpc) is 2.89. The molecular weight excluding hydrogens is 304 g/mol. The van der Waals surface area contributed by atoms with Crippen molar-refractivity contribution in [3.63, 3.8) is 0 Å². The first-order valence-corrected chi connectivity index (χ1v) is 9.31. The van der Waals surface area contributed by atoms with Crippen molar-refractivity contribution in [1.82, 2.24) is 9.88 Å². The Kier molecular flexibility index (Phi) is 5.75. The third-order valence-electron chi connectivity index (χ3n) is 3.60. The van der Waals surface area contributed by atoms with Crippen molar-refractivity contribution < 1.29 is 4.79 Å². The van der Waals surface area contributed by atoms with E-state index in [1.807, 2.05) is 23.7 Å². The molecule has 0 radical (unpaired) electrons. The second-order valence-electron chi connectivity index (χ2n) is 5.28. The van der Waals surface area contributed by atoms with Gasteiger partial charge in [0.15, 0.2) is 5.13 Å². The van der Waals surface area contributed by atoms with E-state index in [4.69, 9.17) is 5.73 Å². The Morgan fingerprint density at radius 3 is 2.95 bits per heavy atom. The van der Waals surface area contributed by atoms with Gasteiger partial charge < -0.3 is 15.5 Å². The van der Waals surface area contributed by atoms with Crippen molar-refractivity contribution in [2.24, 2.45) is 0 Å². The van der Waals surface area contributed by atoms with Crippen molar-refractivity contribution in [3.8, 4) is 0 Å². The maximum Gasteiger partial charge on any atom is 0.267 e. The predicted molar refractivity (Wildman–Crippen MR) is 92.5 cm³/mol. The summed E-state index contributed by atoms with van der Waals surface area (Å²) in [4.78, 5) is 21.6. The lowest BCUT2D eigenvalue weighted by atomic mass is 10.3. The van der Waals surface area contributed by atoms with Crippen molar-refractivity contribution >= 4 is 40.0 Å². The molecule has 0 bridgehead atoms. The van der Waals surface area contributed by atoms with Gasteiger partial charge in [-0.25, -0.2) is 4.98 Å². The van der Waals surface area contributed by atoms with Gasteiger partial charge in [0.1, 0.15) is 10.7 Å². The molecule has 1 atom stereocenters. The van der Waals surface area contributed by atoms with Gasteiger partial charge in [0, 0.05) is 37.7 Å². The number of carbonyl (C=O) groups is 1. The molecule has 1 aromatic rings. The number of nitrogens with zero attached hydrogens (tertiary/aromatic N) is 3. The quantitative estimate of drug-likeness (QED) is 0.900. The molecule has 118 valence electrons. The molecule has 2 N–H and O–H groups in total. The summed E-state index contributed by atoms with van der Waals surface area (Å²) < 4.78 is 0. The van der Waals surface area contributed by atoms with E-state index in [0.717, 1.165) is 43.4 Å². The molecule has 2 heterocycles. The molecule has 1 amide bonds. The lowest BCUT2D eigenvalue weighted by Crippen LogP contribution is -2.41. The molecule has 0 saturated carbocycles. The third-order valence-corrected chi connectivity index (χ3v) is 6.15. The summed E-state index contributed by atoms with van der Waals surface area (Å²) in [5.41, 5.74) is 5.97. The van der Waals surface area contributed by atoms with Crippen LogP contribution in [0.1, 0.15) is 36.4 Å². The zero-order valence-electron chi connectivity index (χ0n) is 13.0. The van der Waals surface area contributed by atoms with Gasteiger partial charge in [-0.1, -0.05) is 25.2 Å². The van der Waals surface area contributed by atoms with Crippen LogP contribution in [0, 0.1) is 0 Å². The monoisotopic (exact) mass is 328 g/mol. The van der Waals surface area contributed by atoms with Gasteiger partial charge in [-0.3, -0.25) is 4.79 Å². The van der Waals surface area contributed by atoms with Crippen molar-refractivity contribution in [2.45, 2.75) is 31.9 Å². The highest BCUT2D eigenvalue weighted by molar-refractivity contribution is 8.00. The molecule has 5 nitrogen and oxygen atoms in total. The van der Waals surface area contributed by atoms with Gasteiger partial charge in [0.25, 0.3) is 5.91 Å². The van der Waals surface area contributed by atoms with E-state index in [9.17, 15) is 4.79 Å². The number of nitrogen functional groups attached to an aromatic ring is 1. The summed E-state index contributed by atoms with van der Waals surface area (Å²) in [6, 6.07) is 0. The number of hydrogen-bond acceptors (Lipinski definition) is 6. The molecule has 0 aromatic carbocycles. The maximum absolute atomic E-state index is 12.7. The van der Waals surface area contributed by atoms with E-state index in [0.29, 0.717) is 15.9 Å². The first-order valence-electron chi connectivity index (χ1n) is 7.45. The number of aromatic nitrogens is 1. The third kappa shape index (κ3) is 3.83. The molecule has 1 saturated heterocycles. The van der Waals surface area contributed by atoms with Gasteiger partial charge in [0.05, 0.1) is 0 Å². The SMILES string of the molecule is CCCN(C)c1nc(N)c(C(=O)N2CCSC(CC)C2)s1. The zero-order chi connectivity index (χ0) is 15.4. The van der Waals surface area contributed by atoms with Crippen LogP contribution in [0.2, 0.25) is 0 Å². The van der Waals surface area contributed by atoms with Crippen molar-refractivity contribution in [3.05, 3.63) is 4.88 Å². The molecule has 1 unspecified atom stereocenters. The second kappa shape index (κ2) is 7.35. The van der Waals surface area contributed by atoms with E-state index in [2.05, 4.69) is 23.7 Å². The van der Waals surface area contributed by atoms with Gasteiger partial charge in [0.2, 0.25) is 0 Å². The topological polar surface area (TPSA) is 62.5 Å². The fourth-order valence-electron chi connectivity index (χ4n) is 2.36. The smallest absolute Gasteiger partial charge is 0.267 e. The van der Waals surface area contributed by atoms with Crippen LogP contribution in [0.5, 0.6) is 0 Å². The summed E-state index contributed by atoms with van der Waals surface area (Å²) in [5.74, 6) is 1.42. The zero-order valence-corrected chi connectivity index (χ0v) is 14.6. The minimum Gasteiger partial charge on any atom is -0.382 e. The van der Waals surface area contributed by atoms with Gasteiger partial charge in [-0.2, -0.15) is 11.8 Å². The highest BCUT2D eigenvalue weighted by Crippen LogP contribution is 2.30. The van der Waals surface area contributed by atoms with Crippen LogP contribution in [0.15, 0.2) is 0 Å². The Balaban J connectivity index is 2.12. The summed E-state index contributed by atoms with van der Waals surface area (Å²) >= 11 is 3.36. The lowest BCUT2D eigenvalue weighted by molar-refractivity contribution is 0.0766. The van der Waals surface area contributed by atoms with E-state index < -0.39 is 0 Å². The van der Waals surface area contributed by atoms with Crippen LogP contribution in [0.25, 0.3) is 0 Å². The standard InChI is InChI=1S/C14H24N4OS2/c1-4-6-17(3)14-16-12(15)11(21-14)13(19)18-7-8-20-10(5-2)9-18/h10H,4-9,15H2,1-3H3. The van der Waals surface area contributed by atoms with Gasteiger partial charge >= 0.3 is 0 Å². The highest BCUT2D eigenvalue weighted by Gasteiger charge is 2.27. The van der Waals surface area contributed by atoms with Gasteiger partial charge in [-0.15, -0.1) is 0 Å². The Morgan fingerprint density at radius 1 is 1.52 bits per heavy atom. The largest absolute Gasteiger partial charge is 0.382 e. The van der Waals surface area contributed by atoms with E-state index in [1.165, 1.54) is 11.3 Å². The fourth-order valence-corrected chi connectivity index (χ4v) is 4.48. The average molecular weight is 329 g/mol. The van der Waals surface area contributed by atoms with Crippen molar-refractivity contribution in [2.75, 3.05) is 43.1 Å². The molecule has 0 spiro atoms. The molecule has 21 heavy (non-hydrogen) atoms. The van der Waals surface area contributed by atoms with Crippen LogP contribution in [0.3, 0.4) is 0 Å². The van der Waals surface area contributed by atoms with E-state index in [-0.39, 0.29) is 5.91 Å². The molecular formula is C14H24N4OS2. The summed E-state index contributed by atoms with van der Waals surface area (Å²) in [7, 11) is 1.99. The maximum atomic E-state index is 12.7. The number of nitrogens with two attached hydrogens (primary N) is 1. The Labute approximate surface area is 134 Å². The van der Waals surface area contributed by atoms with Crippen LogP contribution >= 0.6 is 23.1 Å². The van der Waals surface area contributed by atoms with E-state index in [1.54, 1.807) is 0 Å². The van der Waals surface area contributed by atoms with Crippen LogP contribution < -0.4 is 10.6 Å². The van der Waals surface area contributed by atoms with Crippen LogP contribution in [-0.2, 0) is 0 Å². The second-order valence-corrected chi connectivity index (χ2v) is 7.67. The molecule has 2 rings (SSSR count). The number of rotatable bonds is 5. The minimum atomic E-state index is 0.0416. The number of anilines is 2. The molecule has 1 aromatic heterocycles. The molecule has 7 heteroatoms. The van der Waals surface area contributed by atoms with E-state index >= 15 is 0 Å². The first kappa shape index (κ1) is 16.4. The first-order chi connectivity index (χ1) is 10.1. The Hall–Kier alpha value is -0.950. The number of thioether (sulfide) groups is 1. The number of hydrogen-bond donors (Lipinski definition) is 1. The molecule has 1 fully saturated rings. The Bertz CT molecular complexity index is 491. The molecule has 1 aliphatic rings. The highest BCUT2D eigenvalue weighted by atomic mass is 32.2. The molecule has 1 aliphatic heterocycles. The number of thiazole rings is 1.